The van der Waals surface area contributed by atoms with Gasteiger partial charge in [-0.05, 0) is 75.0 Å². The molecule has 0 radical (unpaired) electrons. The Kier molecular flexibility index (Phi) is 19.5. The monoisotopic (exact) mass is 1110 g/mol. The van der Waals surface area contributed by atoms with Gasteiger partial charge in [-0.1, -0.05) is 31.5 Å². The lowest BCUT2D eigenvalue weighted by Gasteiger charge is -2.15. The van der Waals surface area contributed by atoms with Crippen molar-refractivity contribution in [3.8, 4) is 47.5 Å². The van der Waals surface area contributed by atoms with Gasteiger partial charge in [0, 0.05) is 63.9 Å². The number of carbonyl (C=O) groups is 4. The van der Waals surface area contributed by atoms with Crippen molar-refractivity contribution in [1.82, 2.24) is 48.9 Å². The number of imidazole rings is 2. The first-order chi connectivity index (χ1) is 34.9. The number of halogens is 3. The highest BCUT2D eigenvalue weighted by molar-refractivity contribution is 7.59. The number of fused-ring (bicyclic) bond motifs is 2. The molecule has 2 aromatic carbocycles. The van der Waals surface area contributed by atoms with Crippen LogP contribution in [-0.2, 0) is 9.59 Å². The number of hydrogen-bond acceptors (Lipinski definition) is 11. The molecule has 8 N–H and O–H groups in total. The van der Waals surface area contributed by atoms with Crippen molar-refractivity contribution >= 4 is 105 Å². The number of nitrogens with two attached hydrogens (primary N) is 2. The largest absolute Gasteiger partial charge is 0.472 e. The van der Waals surface area contributed by atoms with Gasteiger partial charge in [-0.15, -0.1) is 24.4 Å². The third kappa shape index (κ3) is 13.3. The van der Waals surface area contributed by atoms with Crippen LogP contribution >= 0.6 is 39.4 Å². The summed E-state index contributed by atoms with van der Waals surface area (Å²) in [4.78, 5) is 56.4. The zero-order chi connectivity index (χ0) is 52.3. The fourth-order valence-electron chi connectivity index (χ4n) is 8.65. The summed E-state index contributed by atoms with van der Waals surface area (Å²) >= 11 is 0. The molecular formula is C51H59ClF2N14O5S2Si. The molecule has 25 heteroatoms. The standard InChI is InChI=1S/C24H22FN7O2.C21H22FN7O.C6H10O2Si.ClH.2H2S/c1-3-21(33)30-9-8-16(12-30)32-24(27-2)22(23(26)34)18(29-32)7-4-14-10-19-20(11-17(14)25)31(13-28-19)15-5-6-15;1-24-21-19(20(23)30)16(27-29(21)14-6-7-25-10-14)5-2-12-8-17-18(9-15(12)22)28(11-26-17)13-3-4-13;1-9(2,3)5-4-6(7)8;;;/h1,10-11,13,15-16,27H,5-6,8-9,12H2,2H3,(H2,26,34);8-9,11,13-14,24-25H,3-4,6-7,10H2,1H3,(H2,23,30);1-3H3,(H,7,8);1H;2*1H2/t16-;14-;;;;/m00..../s1. The Bertz CT molecular complexity index is 3440. The van der Waals surface area contributed by atoms with E-state index in [-0.39, 0.29) is 85.1 Å². The molecule has 2 saturated carbocycles. The first-order valence-corrected chi connectivity index (χ1v) is 27.2. The SMILES string of the molecule is C#CC(=O)N1CC[C@H](n2nc(C#Cc3cc4ncn(C5CC5)c4cc3F)c(C(N)=O)c2NC)C1.CNc1c(C(N)=O)c(C#Cc2cc3ncn(C4CC4)c3cc2F)nn1[C@H]1CCNC1.C[Si](C)(C)C#CC(=O)O.Cl.S.S. The van der Waals surface area contributed by atoms with Crippen LogP contribution in [0, 0.1) is 59.1 Å². The van der Waals surface area contributed by atoms with E-state index in [0.29, 0.717) is 54.3 Å². The second-order valence-electron chi connectivity index (χ2n) is 19.0. The summed E-state index contributed by atoms with van der Waals surface area (Å²) in [6, 6.07) is 6.82. The van der Waals surface area contributed by atoms with Crippen LogP contribution in [0.25, 0.3) is 22.1 Å². The molecule has 0 bridgehead atoms. The molecule has 2 aliphatic heterocycles. The van der Waals surface area contributed by atoms with Crippen molar-refractivity contribution < 1.29 is 33.1 Å². The Morgan fingerprint density at radius 3 is 1.58 bits per heavy atom. The Balaban J connectivity index is 0.000000235. The second kappa shape index (κ2) is 24.9. The molecule has 0 unspecified atom stereocenters. The van der Waals surface area contributed by atoms with Gasteiger partial charge in [0.1, 0.15) is 42.5 Å². The number of amides is 3. The number of carbonyl (C=O) groups excluding carboxylic acids is 3. The predicted octanol–water partition coefficient (Wildman–Crippen LogP) is 5.03. The van der Waals surface area contributed by atoms with Crippen molar-refractivity contribution in [1.29, 1.82) is 0 Å². The van der Waals surface area contributed by atoms with E-state index in [1.165, 1.54) is 12.1 Å². The highest BCUT2D eigenvalue weighted by atomic mass is 35.5. The van der Waals surface area contributed by atoms with E-state index in [1.54, 1.807) is 53.1 Å². The van der Waals surface area contributed by atoms with Crippen molar-refractivity contribution in [2.75, 3.05) is 50.9 Å². The summed E-state index contributed by atoms with van der Waals surface area (Å²) in [7, 11) is 1.89. The van der Waals surface area contributed by atoms with Crippen LogP contribution in [0.2, 0.25) is 19.6 Å². The molecule has 6 aromatic rings. The number of anilines is 2. The molecule has 3 amide bonds. The van der Waals surface area contributed by atoms with Gasteiger partial charge < -0.3 is 46.6 Å². The quantitative estimate of drug-likeness (QED) is 0.0868. The number of carboxylic acids is 1. The maximum atomic E-state index is 14.8. The van der Waals surface area contributed by atoms with Crippen LogP contribution in [0.1, 0.15) is 106 Å². The molecule has 2 atom stereocenters. The summed E-state index contributed by atoms with van der Waals surface area (Å²) in [5, 5.41) is 26.4. The normalized spacial score (nSPS) is 16.2. The highest BCUT2D eigenvalue weighted by Crippen LogP contribution is 2.39. The fraction of sp³-hybridized carbons (Fsp3) is 0.373. The summed E-state index contributed by atoms with van der Waals surface area (Å²) < 4.78 is 36.9. The highest BCUT2D eigenvalue weighted by Gasteiger charge is 2.33. The Morgan fingerprint density at radius 2 is 1.21 bits per heavy atom. The summed E-state index contributed by atoms with van der Waals surface area (Å²) in [5.41, 5.74) is 17.9. The number of carboxylic acid groups (broad SMARTS) is 1. The van der Waals surface area contributed by atoms with Crippen molar-refractivity contribution in [2.24, 2.45) is 11.5 Å². The zero-order valence-corrected chi connectivity index (χ0v) is 46.2. The van der Waals surface area contributed by atoms with E-state index < -0.39 is 43.4 Å². The van der Waals surface area contributed by atoms with E-state index in [1.807, 2.05) is 28.8 Å². The minimum Gasteiger partial charge on any atom is -0.472 e. The lowest BCUT2D eigenvalue weighted by Crippen LogP contribution is -2.28. The van der Waals surface area contributed by atoms with Crippen LogP contribution in [-0.4, -0.2) is 121 Å². The number of nitrogens with one attached hydrogen (secondary N) is 3. The molecule has 19 nitrogen and oxygen atoms in total. The van der Waals surface area contributed by atoms with Gasteiger partial charge >= 0.3 is 5.97 Å². The molecule has 4 fully saturated rings. The number of likely N-dealkylation sites (tertiary alicyclic amines) is 1. The van der Waals surface area contributed by atoms with Crippen molar-refractivity contribution in [2.45, 2.75) is 82.3 Å². The van der Waals surface area contributed by atoms with Crippen LogP contribution in [0.3, 0.4) is 0 Å². The minimum atomic E-state index is -1.46. The molecule has 0 spiro atoms. The zero-order valence-electron chi connectivity index (χ0n) is 42.3. The van der Waals surface area contributed by atoms with Gasteiger partial charge in [-0.2, -0.15) is 37.2 Å². The van der Waals surface area contributed by atoms with Gasteiger partial charge in [0.15, 0.2) is 11.4 Å². The van der Waals surface area contributed by atoms with E-state index in [4.69, 9.17) is 23.0 Å². The molecule has 400 valence electrons. The Labute approximate surface area is 459 Å². The number of hydrogen-bond donors (Lipinski definition) is 6. The molecule has 2 saturated heterocycles. The number of benzene rings is 2. The molecule has 10 rings (SSSR count). The van der Waals surface area contributed by atoms with Crippen molar-refractivity contribution in [3.63, 3.8) is 0 Å². The molecular weight excluding hydrogens is 1050 g/mol. The van der Waals surface area contributed by atoms with Crippen LogP contribution < -0.4 is 27.4 Å². The van der Waals surface area contributed by atoms with E-state index >= 15 is 0 Å². The number of terminal acetylenes is 1. The minimum absolute atomic E-state index is 0. The average molecular weight is 1110 g/mol. The number of aromatic nitrogens is 8. The molecule has 76 heavy (non-hydrogen) atoms. The smallest absolute Gasteiger partial charge is 0.381 e. The van der Waals surface area contributed by atoms with E-state index in [9.17, 15) is 28.0 Å². The third-order valence-electron chi connectivity index (χ3n) is 12.5. The lowest BCUT2D eigenvalue weighted by atomic mass is 10.1. The maximum Gasteiger partial charge on any atom is 0.381 e. The summed E-state index contributed by atoms with van der Waals surface area (Å²) in [6.45, 7) is 8.45. The van der Waals surface area contributed by atoms with E-state index in [2.05, 4.69) is 77.2 Å². The van der Waals surface area contributed by atoms with Gasteiger partial charge in [0.05, 0.1) is 57.9 Å². The number of nitrogens with zero attached hydrogens (tertiary/aromatic N) is 9. The van der Waals surface area contributed by atoms with Gasteiger partial charge in [0.25, 0.3) is 17.7 Å². The molecule has 4 aromatic heterocycles. The maximum absolute atomic E-state index is 14.8. The topological polar surface area (TPSA) is 251 Å². The summed E-state index contributed by atoms with van der Waals surface area (Å²) in [6.07, 6.45) is 14.5. The number of aliphatic carboxylic acids is 1. The predicted molar refractivity (Wildman–Crippen MR) is 301 cm³/mol. The van der Waals surface area contributed by atoms with E-state index in [0.717, 1.165) is 56.2 Å². The number of rotatable bonds is 8. The molecule has 2 aliphatic carbocycles. The van der Waals surface area contributed by atoms with Crippen LogP contribution in [0.4, 0.5) is 20.4 Å². The molecule has 6 heterocycles. The Morgan fingerprint density at radius 1 is 0.737 bits per heavy atom. The van der Waals surface area contributed by atoms with Gasteiger partial charge in [-0.25, -0.2) is 32.9 Å². The lowest BCUT2D eigenvalue weighted by molar-refractivity contribution is -0.130. The molecule has 4 aliphatic rings. The number of primary amides is 2. The second-order valence-corrected chi connectivity index (χ2v) is 23.7. The third-order valence-corrected chi connectivity index (χ3v) is 13.3. The van der Waals surface area contributed by atoms with Crippen molar-refractivity contribution in [3.05, 3.63) is 82.2 Å². The fourth-order valence-corrected chi connectivity index (χ4v) is 9.13. The summed E-state index contributed by atoms with van der Waals surface area (Å²) in [5.74, 6) is 12.8. The van der Waals surface area contributed by atoms with Crippen LogP contribution in [0.15, 0.2) is 36.9 Å². The Hall–Kier alpha value is -7.45. The van der Waals surface area contributed by atoms with Crippen LogP contribution in [0.5, 0.6) is 0 Å². The first kappa shape index (κ1) is 59.4. The average Bonchev–Trinajstić information content (AvgIpc) is 3.90. The van der Waals surface area contributed by atoms with Gasteiger partial charge in [0.2, 0.25) is 0 Å². The first-order valence-electron chi connectivity index (χ1n) is 23.7. The van der Waals surface area contributed by atoms with Gasteiger partial charge in [-0.3, -0.25) is 14.4 Å².